The molecule has 0 saturated heterocycles. The van der Waals surface area contributed by atoms with Crippen LogP contribution in [0, 0.1) is 6.92 Å². The van der Waals surface area contributed by atoms with E-state index in [0.717, 1.165) is 33.9 Å². The molecule has 0 aliphatic rings. The molecule has 11 heteroatoms. The Labute approximate surface area is 220 Å². The summed E-state index contributed by atoms with van der Waals surface area (Å²) in [6.07, 6.45) is -0.656. The maximum absolute atomic E-state index is 10.5. The molecule has 0 radical (unpaired) electrons. The molecule has 0 fully saturated rings. The first-order valence-corrected chi connectivity index (χ1v) is 10.8. The fraction of sp³-hybridized carbons (Fsp3) is 0.348. The Morgan fingerprint density at radius 2 is 1.71 bits per heavy atom. The number of ether oxygens (including phenoxy) is 3. The lowest BCUT2D eigenvalue weighted by atomic mass is 10.2. The molecule has 3 rings (SSSR count). The highest BCUT2D eigenvalue weighted by Crippen LogP contribution is 2.31. The SMILES string of the molecule is CCN(CC(O)COc1ccc(-c2nc(C)c(Br)[nH]2)cc1)c1ccc(OC)c(OC)c1.Cl.Cl.O. The summed E-state index contributed by atoms with van der Waals surface area (Å²) < 4.78 is 17.3. The van der Waals surface area contributed by atoms with Crippen molar-refractivity contribution in [1.29, 1.82) is 0 Å². The van der Waals surface area contributed by atoms with Gasteiger partial charge in [-0.05, 0) is 66.2 Å². The fourth-order valence-electron chi connectivity index (χ4n) is 3.22. The van der Waals surface area contributed by atoms with Gasteiger partial charge in [0.1, 0.15) is 28.9 Å². The fourth-order valence-corrected chi connectivity index (χ4v) is 3.50. The Kier molecular flexibility index (Phi) is 14.0. The van der Waals surface area contributed by atoms with Crippen LogP contribution in [0.5, 0.6) is 17.2 Å². The summed E-state index contributed by atoms with van der Waals surface area (Å²) in [6.45, 7) is 5.33. The number of aromatic amines is 1. The van der Waals surface area contributed by atoms with Gasteiger partial charge in [-0.2, -0.15) is 0 Å². The average Bonchev–Trinajstić information content (AvgIpc) is 3.14. The topological polar surface area (TPSA) is 111 Å². The Hall–Kier alpha value is -2.17. The maximum Gasteiger partial charge on any atom is 0.162 e. The minimum atomic E-state index is -0.656. The molecule has 0 spiro atoms. The van der Waals surface area contributed by atoms with Crippen LogP contribution in [0.1, 0.15) is 12.6 Å². The number of aliphatic hydroxyl groups is 1. The van der Waals surface area contributed by atoms with Gasteiger partial charge in [0, 0.05) is 30.4 Å². The standard InChI is InChI=1S/C23H28BrN3O4.2ClH.H2O/c1-5-27(17-8-11-20(29-3)21(12-17)30-4)13-18(28)14-31-19-9-6-16(7-10-19)23-25-15(2)22(24)26-23;;;/h6-12,18,28H,5,13-14H2,1-4H3,(H,25,26);2*1H;1H2. The van der Waals surface area contributed by atoms with Crippen LogP contribution in [0.15, 0.2) is 47.1 Å². The van der Waals surface area contributed by atoms with Crippen LogP contribution >= 0.6 is 40.7 Å². The van der Waals surface area contributed by atoms with Crippen molar-refractivity contribution >= 4 is 46.4 Å². The van der Waals surface area contributed by atoms with Crippen molar-refractivity contribution in [2.75, 3.05) is 38.8 Å². The quantitative estimate of drug-likeness (QED) is 0.366. The van der Waals surface area contributed by atoms with Gasteiger partial charge >= 0.3 is 0 Å². The Morgan fingerprint density at radius 1 is 1.06 bits per heavy atom. The highest BCUT2D eigenvalue weighted by Gasteiger charge is 2.15. The molecular formula is C23H32BrCl2N3O5. The molecule has 0 aliphatic carbocycles. The third kappa shape index (κ3) is 7.95. The molecule has 4 N–H and O–H groups in total. The first-order valence-electron chi connectivity index (χ1n) is 10.1. The highest BCUT2D eigenvalue weighted by molar-refractivity contribution is 9.10. The predicted octanol–water partition coefficient (Wildman–Crippen LogP) is 4.45. The minimum Gasteiger partial charge on any atom is -0.493 e. The van der Waals surface area contributed by atoms with Crippen LogP contribution in [0.4, 0.5) is 5.69 Å². The van der Waals surface area contributed by atoms with E-state index in [-0.39, 0.29) is 36.9 Å². The van der Waals surface area contributed by atoms with Crippen molar-refractivity contribution < 1.29 is 24.8 Å². The summed E-state index contributed by atoms with van der Waals surface area (Å²) in [5.74, 6) is 2.82. The monoisotopic (exact) mass is 579 g/mol. The molecule has 1 aromatic heterocycles. The summed E-state index contributed by atoms with van der Waals surface area (Å²) in [7, 11) is 3.22. The molecule has 8 nitrogen and oxygen atoms in total. The second-order valence-electron chi connectivity index (χ2n) is 7.05. The number of aliphatic hydroxyl groups excluding tert-OH is 1. The highest BCUT2D eigenvalue weighted by atomic mass is 79.9. The van der Waals surface area contributed by atoms with Crippen molar-refractivity contribution in [3.8, 4) is 28.6 Å². The van der Waals surface area contributed by atoms with Crippen LogP contribution in [0.2, 0.25) is 0 Å². The van der Waals surface area contributed by atoms with Crippen LogP contribution in [0.25, 0.3) is 11.4 Å². The Morgan fingerprint density at radius 3 is 2.24 bits per heavy atom. The normalized spacial score (nSPS) is 10.8. The number of methoxy groups -OCH3 is 2. The molecule has 1 unspecified atom stereocenters. The number of nitrogens with zero attached hydrogens (tertiary/aromatic N) is 2. The molecule has 1 atom stereocenters. The van der Waals surface area contributed by atoms with E-state index in [9.17, 15) is 5.11 Å². The number of likely N-dealkylation sites (N-methyl/N-ethyl adjacent to an activating group) is 1. The van der Waals surface area contributed by atoms with Crippen molar-refractivity contribution in [3.63, 3.8) is 0 Å². The minimum absolute atomic E-state index is 0. The second kappa shape index (κ2) is 15.0. The van der Waals surface area contributed by atoms with E-state index in [0.29, 0.717) is 23.8 Å². The van der Waals surface area contributed by atoms with Gasteiger partial charge in [-0.15, -0.1) is 24.8 Å². The number of anilines is 1. The number of hydrogen-bond acceptors (Lipinski definition) is 6. The van der Waals surface area contributed by atoms with E-state index in [1.54, 1.807) is 14.2 Å². The number of imidazole rings is 1. The maximum atomic E-state index is 10.5. The molecule has 2 aromatic carbocycles. The lowest BCUT2D eigenvalue weighted by Crippen LogP contribution is -2.35. The molecule has 34 heavy (non-hydrogen) atoms. The van der Waals surface area contributed by atoms with E-state index >= 15 is 0 Å². The molecule has 0 saturated carbocycles. The van der Waals surface area contributed by atoms with Crippen LogP contribution in [-0.4, -0.2) is 60.6 Å². The predicted molar refractivity (Wildman–Crippen MR) is 144 cm³/mol. The van der Waals surface area contributed by atoms with E-state index < -0.39 is 6.10 Å². The summed E-state index contributed by atoms with van der Waals surface area (Å²) in [5, 5.41) is 10.5. The number of rotatable bonds is 10. The first-order chi connectivity index (χ1) is 14.9. The van der Waals surface area contributed by atoms with Crippen molar-refractivity contribution in [2.45, 2.75) is 20.0 Å². The van der Waals surface area contributed by atoms with Gasteiger partial charge in [-0.1, -0.05) is 0 Å². The van der Waals surface area contributed by atoms with Gasteiger partial charge in [0.25, 0.3) is 0 Å². The number of aryl methyl sites for hydroxylation is 1. The van der Waals surface area contributed by atoms with Gasteiger partial charge in [0.2, 0.25) is 0 Å². The molecule has 1 heterocycles. The zero-order valence-corrected chi connectivity index (χ0v) is 22.7. The Balaban J connectivity index is 0.00000363. The lowest BCUT2D eigenvalue weighted by molar-refractivity contribution is 0.112. The third-order valence-electron chi connectivity index (χ3n) is 4.94. The van der Waals surface area contributed by atoms with E-state index in [1.165, 1.54) is 0 Å². The average molecular weight is 581 g/mol. The molecule has 0 amide bonds. The zero-order valence-electron chi connectivity index (χ0n) is 19.5. The van der Waals surface area contributed by atoms with E-state index in [4.69, 9.17) is 14.2 Å². The van der Waals surface area contributed by atoms with Crippen LogP contribution < -0.4 is 19.1 Å². The number of benzene rings is 2. The summed E-state index contributed by atoms with van der Waals surface area (Å²) in [5.41, 5.74) is 2.82. The van der Waals surface area contributed by atoms with Crippen molar-refractivity contribution in [2.24, 2.45) is 0 Å². The summed E-state index contributed by atoms with van der Waals surface area (Å²) >= 11 is 3.44. The molecule has 0 aliphatic heterocycles. The number of halogens is 3. The number of hydrogen-bond donors (Lipinski definition) is 2. The number of aromatic nitrogens is 2. The summed E-state index contributed by atoms with van der Waals surface area (Å²) in [6, 6.07) is 13.3. The first kappa shape index (κ1) is 31.8. The van der Waals surface area contributed by atoms with Gasteiger partial charge in [-0.3, -0.25) is 0 Å². The smallest absolute Gasteiger partial charge is 0.162 e. The van der Waals surface area contributed by atoms with Crippen LogP contribution in [-0.2, 0) is 0 Å². The van der Waals surface area contributed by atoms with E-state index in [2.05, 4.69) is 30.8 Å². The van der Waals surface area contributed by atoms with E-state index in [1.807, 2.05) is 56.3 Å². The Bertz CT molecular complexity index is 985. The van der Waals surface area contributed by atoms with Crippen LogP contribution in [0.3, 0.4) is 0 Å². The van der Waals surface area contributed by atoms with Gasteiger partial charge in [0.05, 0.1) is 19.9 Å². The van der Waals surface area contributed by atoms with Crippen molar-refractivity contribution in [1.82, 2.24) is 9.97 Å². The molecule has 0 bridgehead atoms. The van der Waals surface area contributed by atoms with Gasteiger partial charge in [-0.25, -0.2) is 4.98 Å². The lowest BCUT2D eigenvalue weighted by Gasteiger charge is -2.26. The van der Waals surface area contributed by atoms with Gasteiger partial charge < -0.3 is 34.7 Å². The summed E-state index contributed by atoms with van der Waals surface area (Å²) in [4.78, 5) is 9.73. The molecule has 190 valence electrons. The number of nitrogens with one attached hydrogen (secondary N) is 1. The van der Waals surface area contributed by atoms with Gasteiger partial charge in [0.15, 0.2) is 11.5 Å². The largest absolute Gasteiger partial charge is 0.493 e. The zero-order chi connectivity index (χ0) is 22.4. The molecule has 3 aromatic rings. The second-order valence-corrected chi connectivity index (χ2v) is 7.84. The molecular weight excluding hydrogens is 549 g/mol. The third-order valence-corrected chi connectivity index (χ3v) is 5.71. The number of H-pyrrole nitrogens is 1. The van der Waals surface area contributed by atoms with Crippen molar-refractivity contribution in [3.05, 3.63) is 52.8 Å².